The molecule has 0 aliphatic carbocycles. The number of carboxylic acid groups (broad SMARTS) is 1. The van der Waals surface area contributed by atoms with Crippen LogP contribution in [-0.2, 0) is 14.4 Å². The zero-order valence-electron chi connectivity index (χ0n) is 7.89. The molecule has 0 atom stereocenters. The first-order valence-electron chi connectivity index (χ1n) is 4.24. The first-order valence-corrected chi connectivity index (χ1v) is 4.24. The maximum atomic E-state index is 11.2. The summed E-state index contributed by atoms with van der Waals surface area (Å²) in [5.41, 5.74) is 0. The van der Waals surface area contributed by atoms with E-state index in [0.29, 0.717) is 13.1 Å². The predicted molar refractivity (Wildman–Crippen MR) is 46.5 cm³/mol. The van der Waals surface area contributed by atoms with Crippen LogP contribution in [0.1, 0.15) is 6.42 Å². The number of piperazine rings is 1. The van der Waals surface area contributed by atoms with Crippen LogP contribution in [0.4, 0.5) is 0 Å². The zero-order valence-corrected chi connectivity index (χ0v) is 7.89. The first kappa shape index (κ1) is 10.5. The predicted octanol–water partition coefficient (Wildman–Crippen LogP) is -1.24. The molecule has 1 N–H and O–H groups in total. The minimum absolute atomic E-state index is 0.0113. The molecular weight excluding hydrogens is 188 g/mol. The van der Waals surface area contributed by atoms with Gasteiger partial charge in [-0.1, -0.05) is 0 Å². The topological polar surface area (TPSA) is 77.9 Å². The fraction of sp³-hybridized carbons (Fsp3) is 0.625. The lowest BCUT2D eigenvalue weighted by molar-refractivity contribution is -0.149. The molecule has 0 spiro atoms. The molecule has 0 unspecified atom stereocenters. The fourth-order valence-corrected chi connectivity index (χ4v) is 1.21. The Balaban J connectivity index is 2.50. The maximum Gasteiger partial charge on any atom is 0.312 e. The van der Waals surface area contributed by atoms with Crippen molar-refractivity contribution in [1.82, 2.24) is 9.80 Å². The normalized spacial score (nSPS) is 17.1. The van der Waals surface area contributed by atoms with Gasteiger partial charge in [-0.2, -0.15) is 0 Å². The highest BCUT2D eigenvalue weighted by Crippen LogP contribution is 2.02. The van der Waals surface area contributed by atoms with Gasteiger partial charge in [0.05, 0.1) is 6.54 Å². The lowest BCUT2D eigenvalue weighted by atomic mass is 10.3. The number of rotatable bonds is 2. The summed E-state index contributed by atoms with van der Waals surface area (Å²) < 4.78 is 0. The lowest BCUT2D eigenvalue weighted by Crippen LogP contribution is -2.50. The molecule has 1 aliphatic heterocycles. The third-order valence-corrected chi connectivity index (χ3v) is 2.11. The Morgan fingerprint density at radius 1 is 1.43 bits per heavy atom. The summed E-state index contributed by atoms with van der Waals surface area (Å²) in [6.07, 6.45) is -0.545. The van der Waals surface area contributed by atoms with Crippen molar-refractivity contribution in [1.29, 1.82) is 0 Å². The number of nitrogens with zero attached hydrogens (tertiary/aromatic N) is 2. The Morgan fingerprint density at radius 3 is 2.57 bits per heavy atom. The number of aliphatic carboxylic acids is 1. The molecule has 1 aliphatic rings. The van der Waals surface area contributed by atoms with Crippen LogP contribution in [-0.4, -0.2) is 59.4 Å². The summed E-state index contributed by atoms with van der Waals surface area (Å²) >= 11 is 0. The van der Waals surface area contributed by atoms with E-state index in [2.05, 4.69) is 0 Å². The summed E-state index contributed by atoms with van der Waals surface area (Å²) in [4.78, 5) is 35.5. The van der Waals surface area contributed by atoms with Crippen LogP contribution in [0.5, 0.6) is 0 Å². The van der Waals surface area contributed by atoms with Crippen molar-refractivity contribution >= 4 is 17.8 Å². The molecule has 0 aromatic heterocycles. The van der Waals surface area contributed by atoms with Crippen LogP contribution in [0.2, 0.25) is 0 Å². The summed E-state index contributed by atoms with van der Waals surface area (Å²) in [5, 5.41) is 8.39. The molecule has 6 heteroatoms. The quantitative estimate of drug-likeness (QED) is 0.566. The van der Waals surface area contributed by atoms with Crippen molar-refractivity contribution < 1.29 is 19.5 Å². The monoisotopic (exact) mass is 200 g/mol. The van der Waals surface area contributed by atoms with Gasteiger partial charge in [-0.3, -0.25) is 14.4 Å². The van der Waals surface area contributed by atoms with Gasteiger partial charge >= 0.3 is 5.97 Å². The van der Waals surface area contributed by atoms with E-state index < -0.39 is 18.3 Å². The van der Waals surface area contributed by atoms with Gasteiger partial charge in [0.2, 0.25) is 11.8 Å². The second-order valence-corrected chi connectivity index (χ2v) is 3.20. The minimum atomic E-state index is -1.17. The molecule has 0 bridgehead atoms. The van der Waals surface area contributed by atoms with Crippen LogP contribution < -0.4 is 0 Å². The van der Waals surface area contributed by atoms with E-state index in [-0.39, 0.29) is 12.5 Å². The molecule has 78 valence electrons. The number of carboxylic acids is 1. The van der Waals surface area contributed by atoms with E-state index in [0.717, 1.165) is 0 Å². The summed E-state index contributed by atoms with van der Waals surface area (Å²) in [7, 11) is 1.65. The van der Waals surface area contributed by atoms with Crippen LogP contribution in [0.15, 0.2) is 0 Å². The molecule has 2 amide bonds. The van der Waals surface area contributed by atoms with E-state index in [1.54, 1.807) is 7.05 Å². The second-order valence-electron chi connectivity index (χ2n) is 3.20. The van der Waals surface area contributed by atoms with Crippen LogP contribution in [0.25, 0.3) is 0 Å². The van der Waals surface area contributed by atoms with E-state index in [1.807, 2.05) is 0 Å². The lowest BCUT2D eigenvalue weighted by Gasteiger charge is -2.31. The van der Waals surface area contributed by atoms with E-state index in [1.165, 1.54) is 9.80 Å². The van der Waals surface area contributed by atoms with Gasteiger partial charge in [0.1, 0.15) is 6.42 Å². The number of likely N-dealkylation sites (N-methyl/N-ethyl adjacent to an activating group) is 1. The SMILES string of the molecule is CN1CCN(C(=O)CC(=O)O)CC1=O. The Labute approximate surface area is 81.1 Å². The van der Waals surface area contributed by atoms with E-state index in [9.17, 15) is 14.4 Å². The highest BCUT2D eigenvalue weighted by Gasteiger charge is 2.25. The minimum Gasteiger partial charge on any atom is -0.481 e. The third-order valence-electron chi connectivity index (χ3n) is 2.11. The summed E-state index contributed by atoms with van der Waals surface area (Å²) in [6.45, 7) is 0.862. The number of amides is 2. The van der Waals surface area contributed by atoms with Crippen molar-refractivity contribution in [3.8, 4) is 0 Å². The van der Waals surface area contributed by atoms with Gasteiger partial charge in [0, 0.05) is 20.1 Å². The van der Waals surface area contributed by atoms with Gasteiger partial charge in [0.25, 0.3) is 0 Å². The molecule has 14 heavy (non-hydrogen) atoms. The number of carbonyl (C=O) groups is 3. The first-order chi connectivity index (χ1) is 6.50. The number of carbonyl (C=O) groups excluding carboxylic acids is 2. The molecule has 1 rings (SSSR count). The molecule has 0 radical (unpaired) electrons. The highest BCUT2D eigenvalue weighted by atomic mass is 16.4. The van der Waals surface area contributed by atoms with Crippen molar-refractivity contribution in [2.24, 2.45) is 0 Å². The second kappa shape index (κ2) is 4.08. The van der Waals surface area contributed by atoms with Crippen molar-refractivity contribution in [2.75, 3.05) is 26.7 Å². The molecule has 6 nitrogen and oxygen atoms in total. The Kier molecular flexibility index (Phi) is 3.06. The largest absolute Gasteiger partial charge is 0.481 e. The average Bonchev–Trinajstić information content (AvgIpc) is 2.08. The van der Waals surface area contributed by atoms with Crippen LogP contribution in [0.3, 0.4) is 0 Å². The van der Waals surface area contributed by atoms with Gasteiger partial charge < -0.3 is 14.9 Å². The third kappa shape index (κ3) is 2.45. The number of hydrogen-bond acceptors (Lipinski definition) is 3. The summed E-state index contributed by atoms with van der Waals surface area (Å²) in [6, 6.07) is 0. The van der Waals surface area contributed by atoms with E-state index >= 15 is 0 Å². The van der Waals surface area contributed by atoms with Gasteiger partial charge in [-0.05, 0) is 0 Å². The zero-order chi connectivity index (χ0) is 10.7. The molecule has 1 heterocycles. The number of hydrogen-bond donors (Lipinski definition) is 1. The standard InChI is InChI=1S/C8H12N2O4/c1-9-2-3-10(5-7(9)12)6(11)4-8(13)14/h2-5H2,1H3,(H,13,14). The molecule has 0 saturated carbocycles. The van der Waals surface area contributed by atoms with Crippen molar-refractivity contribution in [2.45, 2.75) is 6.42 Å². The van der Waals surface area contributed by atoms with Gasteiger partial charge in [0.15, 0.2) is 0 Å². The summed E-state index contributed by atoms with van der Waals surface area (Å²) in [5.74, 6) is -1.82. The van der Waals surface area contributed by atoms with Crippen molar-refractivity contribution in [3.63, 3.8) is 0 Å². The maximum absolute atomic E-state index is 11.2. The van der Waals surface area contributed by atoms with Gasteiger partial charge in [-0.25, -0.2) is 0 Å². The smallest absolute Gasteiger partial charge is 0.312 e. The molecular formula is C8H12N2O4. The highest BCUT2D eigenvalue weighted by molar-refractivity contribution is 5.95. The Hall–Kier alpha value is -1.59. The van der Waals surface area contributed by atoms with E-state index in [4.69, 9.17) is 5.11 Å². The molecule has 0 aromatic rings. The van der Waals surface area contributed by atoms with Crippen molar-refractivity contribution in [3.05, 3.63) is 0 Å². The van der Waals surface area contributed by atoms with Gasteiger partial charge in [-0.15, -0.1) is 0 Å². The Bertz CT molecular complexity index is 277. The Morgan fingerprint density at radius 2 is 2.07 bits per heavy atom. The van der Waals surface area contributed by atoms with Crippen LogP contribution >= 0.6 is 0 Å². The average molecular weight is 200 g/mol. The van der Waals surface area contributed by atoms with Crippen LogP contribution in [0, 0.1) is 0 Å². The molecule has 1 fully saturated rings. The fourth-order valence-electron chi connectivity index (χ4n) is 1.21. The molecule has 1 saturated heterocycles. The molecule has 0 aromatic carbocycles.